The lowest BCUT2D eigenvalue weighted by molar-refractivity contribution is -0.126. The van der Waals surface area contributed by atoms with E-state index in [1.807, 2.05) is 11.8 Å². The highest BCUT2D eigenvalue weighted by atomic mass is 19.1. The van der Waals surface area contributed by atoms with E-state index >= 15 is 8.78 Å². The van der Waals surface area contributed by atoms with Crippen molar-refractivity contribution in [2.45, 2.75) is 43.9 Å². The van der Waals surface area contributed by atoms with E-state index in [2.05, 4.69) is 27.5 Å². The maximum Gasteiger partial charge on any atom is 0.414 e. The van der Waals surface area contributed by atoms with Gasteiger partial charge in [0.15, 0.2) is 5.82 Å². The minimum absolute atomic E-state index is 0.0249. The first-order valence-corrected chi connectivity index (χ1v) is 16.9. The predicted octanol–water partition coefficient (Wildman–Crippen LogP) is 5.59. The smallest absolute Gasteiger partial charge is 0.414 e. The first kappa shape index (κ1) is 36.4. The molecule has 0 saturated carbocycles. The van der Waals surface area contributed by atoms with Crippen molar-refractivity contribution in [3.05, 3.63) is 60.3 Å². The number of amides is 2. The van der Waals surface area contributed by atoms with Gasteiger partial charge in [-0.15, -0.1) is 6.42 Å². The second-order valence-corrected chi connectivity index (χ2v) is 13.8. The number of ether oxygens (including phenoxy) is 2. The quantitative estimate of drug-likeness (QED) is 0.162. The van der Waals surface area contributed by atoms with Crippen LogP contribution < -0.4 is 14.4 Å². The van der Waals surface area contributed by atoms with Gasteiger partial charge in [-0.2, -0.15) is 9.97 Å². The van der Waals surface area contributed by atoms with Crippen LogP contribution in [-0.2, 0) is 4.79 Å². The van der Waals surface area contributed by atoms with E-state index in [0.29, 0.717) is 18.5 Å². The number of hydrogen-bond donors (Lipinski definition) is 0. The van der Waals surface area contributed by atoms with Gasteiger partial charge in [-0.3, -0.25) is 14.7 Å². The van der Waals surface area contributed by atoms with Crippen LogP contribution in [0.1, 0.15) is 31.7 Å². The molecule has 0 spiro atoms. The number of terminal acetylenes is 1. The summed E-state index contributed by atoms with van der Waals surface area (Å²) < 4.78 is 58.2. The molecule has 0 N–H and O–H groups in total. The predicted molar refractivity (Wildman–Crippen MR) is 192 cm³/mol. The molecule has 6 rings (SSSR count). The maximum absolute atomic E-state index is 17.1. The number of halogens is 3. The highest BCUT2D eigenvalue weighted by Gasteiger charge is 2.41. The normalized spacial score (nSPS) is 20.2. The van der Waals surface area contributed by atoms with Crippen LogP contribution in [0.3, 0.4) is 0 Å². The van der Waals surface area contributed by atoms with Crippen molar-refractivity contribution < 1.29 is 32.2 Å². The third kappa shape index (κ3) is 6.80. The number of anilines is 1. The van der Waals surface area contributed by atoms with Crippen LogP contribution in [0.2, 0.25) is 0 Å². The van der Waals surface area contributed by atoms with E-state index in [0.717, 1.165) is 12.8 Å². The second-order valence-electron chi connectivity index (χ2n) is 13.8. The summed E-state index contributed by atoms with van der Waals surface area (Å²) in [5.74, 6) is 0.937. The lowest BCUT2D eigenvalue weighted by atomic mass is 9.95. The summed E-state index contributed by atoms with van der Waals surface area (Å²) in [6.45, 7) is 6.71. The third-order valence-corrected chi connectivity index (χ3v) is 9.90. The Bertz CT molecular complexity index is 2120. The molecule has 3 atom stereocenters. The summed E-state index contributed by atoms with van der Waals surface area (Å²) in [5.41, 5.74) is -1.11. The highest BCUT2D eigenvalue weighted by Crippen LogP contribution is 2.39. The third-order valence-electron chi connectivity index (χ3n) is 9.90. The molecule has 2 aliphatic rings. The van der Waals surface area contributed by atoms with E-state index < -0.39 is 29.4 Å². The van der Waals surface area contributed by atoms with Gasteiger partial charge >= 0.3 is 12.1 Å². The van der Waals surface area contributed by atoms with Gasteiger partial charge in [0.2, 0.25) is 5.91 Å². The van der Waals surface area contributed by atoms with Crippen LogP contribution in [0.25, 0.3) is 32.9 Å². The summed E-state index contributed by atoms with van der Waals surface area (Å²) in [4.78, 5) is 45.4. The first-order chi connectivity index (χ1) is 24.7. The Morgan fingerprint density at radius 2 is 1.98 bits per heavy atom. The number of carbonyl (C=O) groups excluding carboxylic acids is 2. The van der Waals surface area contributed by atoms with Gasteiger partial charge in [0, 0.05) is 70.4 Å². The molecule has 2 aromatic heterocycles. The fourth-order valence-electron chi connectivity index (χ4n) is 7.00. The number of likely N-dealkylation sites (N-methyl/N-ethyl adjacent to an activating group) is 2. The molecular weight excluding hydrogens is 675 g/mol. The summed E-state index contributed by atoms with van der Waals surface area (Å²) in [6, 6.07) is 5.21. The van der Waals surface area contributed by atoms with Gasteiger partial charge in [0.05, 0.1) is 16.5 Å². The fourth-order valence-corrected chi connectivity index (χ4v) is 7.00. The number of likely N-dealkylation sites (tertiary alicyclic amines) is 2. The van der Waals surface area contributed by atoms with Crippen molar-refractivity contribution in [3.8, 4) is 35.4 Å². The molecule has 2 aliphatic heterocycles. The maximum atomic E-state index is 17.1. The lowest BCUT2D eigenvalue weighted by Crippen LogP contribution is -2.43. The first-order valence-electron chi connectivity index (χ1n) is 16.9. The number of carbonyl (C=O) groups is 2. The minimum Gasteiger partial charge on any atom is -0.461 e. The number of rotatable bonds is 9. The summed E-state index contributed by atoms with van der Waals surface area (Å²) >= 11 is 0. The van der Waals surface area contributed by atoms with Crippen molar-refractivity contribution in [3.63, 3.8) is 0 Å². The highest BCUT2D eigenvalue weighted by molar-refractivity contribution is 6.03. The van der Waals surface area contributed by atoms with E-state index in [1.54, 1.807) is 23.9 Å². The van der Waals surface area contributed by atoms with Gasteiger partial charge in [0.1, 0.15) is 41.4 Å². The molecule has 4 heterocycles. The molecule has 0 bridgehead atoms. The topological polar surface area (TPSA) is 104 Å². The van der Waals surface area contributed by atoms with Gasteiger partial charge in [0.25, 0.3) is 0 Å². The molecule has 2 amide bonds. The van der Waals surface area contributed by atoms with E-state index in [4.69, 9.17) is 15.9 Å². The van der Waals surface area contributed by atoms with Crippen molar-refractivity contribution >= 4 is 39.5 Å². The Balaban J connectivity index is 1.51. The van der Waals surface area contributed by atoms with Crippen LogP contribution >= 0.6 is 0 Å². The van der Waals surface area contributed by atoms with Crippen LogP contribution in [0.4, 0.5) is 23.8 Å². The molecule has 52 heavy (non-hydrogen) atoms. The van der Waals surface area contributed by atoms with Crippen molar-refractivity contribution in [1.82, 2.24) is 29.7 Å². The zero-order valence-electron chi connectivity index (χ0n) is 29.8. The molecule has 272 valence electrons. The average Bonchev–Trinajstić information content (AvgIpc) is 3.68. The molecule has 14 heteroatoms. The van der Waals surface area contributed by atoms with Crippen LogP contribution in [0, 0.1) is 24.0 Å². The molecule has 4 aromatic rings. The van der Waals surface area contributed by atoms with Crippen LogP contribution in [-0.4, -0.2) is 114 Å². The number of nitrogens with zero attached hydrogens (tertiary/aromatic N) is 7. The number of fused-ring (bicyclic) bond motifs is 2. The molecular formula is C38H40F3N7O4. The number of pyridine rings is 1. The monoisotopic (exact) mass is 715 g/mol. The Morgan fingerprint density at radius 1 is 1.21 bits per heavy atom. The van der Waals surface area contributed by atoms with Gasteiger partial charge < -0.3 is 24.2 Å². The summed E-state index contributed by atoms with van der Waals surface area (Å²) in [7, 11) is 6.60. The molecule has 0 aliphatic carbocycles. The Hall–Kier alpha value is -5.42. The molecule has 11 nitrogen and oxygen atoms in total. The van der Waals surface area contributed by atoms with E-state index in [-0.39, 0.29) is 82.2 Å². The zero-order valence-corrected chi connectivity index (χ0v) is 29.8. The van der Waals surface area contributed by atoms with Crippen molar-refractivity contribution in [2.75, 3.05) is 59.3 Å². The standard InChI is InChI=1S/C38H40F3N7O4/c1-8-26-29(40)13-12-22-15-25(52-37(50)45(4)5)16-27(31(22)26)33-32(41)34-28(18-42-33)35(46(6)20-24-11-10-14-48(24)30(49)9-2)44-36(43-34)51-21-38(3)17-23(39)19-47(38)7/h1,9,12-13,15-16,18,23-24H,2,10-11,14,17,19-21H2,3-7H3/t23-,24+,38+/m1/s1. The largest absolute Gasteiger partial charge is 0.461 e. The number of benzene rings is 2. The van der Waals surface area contributed by atoms with Crippen LogP contribution in [0.5, 0.6) is 11.8 Å². The Morgan fingerprint density at radius 3 is 2.65 bits per heavy atom. The lowest BCUT2D eigenvalue weighted by Gasteiger charge is -2.31. The van der Waals surface area contributed by atoms with Crippen molar-refractivity contribution in [1.29, 1.82) is 0 Å². The van der Waals surface area contributed by atoms with Crippen molar-refractivity contribution in [2.24, 2.45) is 0 Å². The molecule has 0 radical (unpaired) electrons. The number of aromatic nitrogens is 3. The number of hydrogen-bond acceptors (Lipinski definition) is 9. The second kappa shape index (κ2) is 14.3. The van der Waals surface area contributed by atoms with Gasteiger partial charge in [-0.1, -0.05) is 18.6 Å². The molecule has 2 saturated heterocycles. The molecule has 2 aromatic carbocycles. The van der Waals surface area contributed by atoms with Crippen LogP contribution in [0.15, 0.2) is 43.1 Å². The fraction of sp³-hybridized carbons (Fsp3) is 0.395. The van der Waals surface area contributed by atoms with E-state index in [1.165, 1.54) is 55.5 Å². The van der Waals surface area contributed by atoms with Gasteiger partial charge in [-0.05, 0) is 56.5 Å². The Kier molecular flexibility index (Phi) is 10.0. The minimum atomic E-state index is -1.03. The Labute approximate surface area is 300 Å². The van der Waals surface area contributed by atoms with Gasteiger partial charge in [-0.25, -0.2) is 18.0 Å². The SMILES string of the molecule is C#Cc1c(F)ccc2cc(OC(=O)N(C)C)cc(-c3ncc4c(N(C)C[C@@H]5CCCN5C(=O)C=C)nc(OC[C@]5(C)C[C@@H](F)CN5C)nc4c3F)c12. The van der Waals surface area contributed by atoms with E-state index in [9.17, 15) is 14.0 Å². The summed E-state index contributed by atoms with van der Waals surface area (Å²) in [6.07, 6.45) is 8.52. The summed E-state index contributed by atoms with van der Waals surface area (Å²) in [5, 5.41) is 0.815. The number of alkyl halides is 1. The average molecular weight is 716 g/mol. The zero-order chi connectivity index (χ0) is 37.5. The molecule has 0 unspecified atom stereocenters. The molecule has 2 fully saturated rings.